The quantitative estimate of drug-likeness (QED) is 0.0924. The molecule has 0 spiro atoms. The van der Waals surface area contributed by atoms with E-state index in [-0.39, 0.29) is 0 Å². The Morgan fingerprint density at radius 2 is 1.40 bits per heavy atom. The number of ketones is 1. The molecule has 0 heterocycles. The van der Waals surface area contributed by atoms with E-state index in [0.717, 1.165) is 12.8 Å². The molecule has 0 aliphatic rings. The number of hydrogen-bond donors (Lipinski definition) is 1. The third-order valence-electron chi connectivity index (χ3n) is 5.97. The summed E-state index contributed by atoms with van der Waals surface area (Å²) in [7, 11) is 0. The van der Waals surface area contributed by atoms with Crippen molar-refractivity contribution in [3.8, 4) is 5.75 Å². The second-order valence-electron chi connectivity index (χ2n) is 8.96. The summed E-state index contributed by atoms with van der Waals surface area (Å²) in [6.07, 6.45) is 15.3. The number of carbonyl (C=O) groups is 2. The van der Waals surface area contributed by atoms with Crippen molar-refractivity contribution in [3.05, 3.63) is 59.1 Å². The van der Waals surface area contributed by atoms with E-state index in [1.165, 1.54) is 64.2 Å². The smallest absolute Gasteiger partial charge is 0.250 e. The molecule has 0 aliphatic heterocycles. The lowest BCUT2D eigenvalue weighted by Crippen LogP contribution is -2.30. The number of Topliss-reactive ketones (excluding diaryl/α,β-unsaturated/α-hetero) is 1. The lowest BCUT2D eigenvalue weighted by molar-refractivity contribution is -0.115. The molecule has 2 aromatic rings. The molecule has 35 heavy (non-hydrogen) atoms. The van der Waals surface area contributed by atoms with E-state index in [9.17, 15) is 9.59 Å². The van der Waals surface area contributed by atoms with E-state index < -0.39 is 17.1 Å². The van der Waals surface area contributed by atoms with Crippen LogP contribution in [0.15, 0.2) is 48.5 Å². The number of anilines is 1. The van der Waals surface area contributed by atoms with Crippen molar-refractivity contribution in [1.82, 2.24) is 0 Å². The van der Waals surface area contributed by atoms with Gasteiger partial charge in [-0.2, -0.15) is 0 Å². The summed E-state index contributed by atoms with van der Waals surface area (Å²) in [6, 6.07) is 13.6. The summed E-state index contributed by atoms with van der Waals surface area (Å²) in [4.78, 5) is 25.1. The van der Waals surface area contributed by atoms with Crippen molar-refractivity contribution < 1.29 is 14.3 Å². The average molecular weight is 521 g/mol. The summed E-state index contributed by atoms with van der Waals surface area (Å²) in [5, 5.41) is 1.81. The molecule has 1 N–H and O–H groups in total. The van der Waals surface area contributed by atoms with Gasteiger partial charge in [-0.15, -0.1) is 11.6 Å². The van der Waals surface area contributed by atoms with Gasteiger partial charge in [0, 0.05) is 10.6 Å². The van der Waals surface area contributed by atoms with Gasteiger partial charge in [0.2, 0.25) is 0 Å². The maximum atomic E-state index is 12.6. The molecule has 192 valence electrons. The first kappa shape index (κ1) is 29.2. The molecule has 6 heteroatoms. The van der Waals surface area contributed by atoms with Crippen LogP contribution in [0.5, 0.6) is 5.75 Å². The zero-order valence-corrected chi connectivity index (χ0v) is 22.4. The van der Waals surface area contributed by atoms with Crippen molar-refractivity contribution in [1.29, 1.82) is 0 Å². The first-order valence-corrected chi connectivity index (χ1v) is 13.8. The van der Waals surface area contributed by atoms with E-state index in [1.54, 1.807) is 48.5 Å². The zero-order chi connectivity index (χ0) is 25.3. The highest BCUT2D eigenvalue weighted by atomic mass is 35.5. The van der Waals surface area contributed by atoms with E-state index in [0.29, 0.717) is 28.6 Å². The van der Waals surface area contributed by atoms with Crippen LogP contribution in [-0.2, 0) is 4.79 Å². The summed E-state index contributed by atoms with van der Waals surface area (Å²) >= 11 is 12.3. The van der Waals surface area contributed by atoms with Crippen molar-refractivity contribution in [2.24, 2.45) is 0 Å². The lowest BCUT2D eigenvalue weighted by atomic mass is 10.1. The summed E-state index contributed by atoms with van der Waals surface area (Å²) < 4.78 is 5.91. The maximum absolute atomic E-state index is 12.6. The Morgan fingerprint density at radius 3 is 2.00 bits per heavy atom. The number of ether oxygens (including phenoxy) is 1. The molecular weight excluding hydrogens is 481 g/mol. The van der Waals surface area contributed by atoms with Gasteiger partial charge in [0.05, 0.1) is 12.3 Å². The Morgan fingerprint density at radius 1 is 0.829 bits per heavy atom. The number of hydrogen-bond acceptors (Lipinski definition) is 3. The fourth-order valence-electron chi connectivity index (χ4n) is 3.91. The third-order valence-corrected chi connectivity index (χ3v) is 6.61. The molecule has 0 bridgehead atoms. The van der Waals surface area contributed by atoms with Crippen LogP contribution in [0.4, 0.5) is 5.69 Å². The fourth-order valence-corrected chi connectivity index (χ4v) is 4.27. The van der Waals surface area contributed by atoms with E-state index in [4.69, 9.17) is 27.9 Å². The largest absolute Gasteiger partial charge is 0.491 e. The Balaban J connectivity index is 1.69. The third kappa shape index (κ3) is 11.5. The molecule has 1 unspecified atom stereocenters. The van der Waals surface area contributed by atoms with Gasteiger partial charge in [0.15, 0.2) is 11.2 Å². The Kier molecular flexibility index (Phi) is 14.5. The molecule has 2 rings (SSSR count). The van der Waals surface area contributed by atoms with Gasteiger partial charge in [-0.25, -0.2) is 0 Å². The normalized spacial score (nSPS) is 11.7. The van der Waals surface area contributed by atoms with Gasteiger partial charge in [0.25, 0.3) is 5.91 Å². The number of alkyl halides is 1. The maximum Gasteiger partial charge on any atom is 0.250 e. The van der Waals surface area contributed by atoms with Crippen molar-refractivity contribution in [2.45, 2.75) is 89.4 Å². The predicted octanol–water partition coefficient (Wildman–Crippen LogP) is 8.85. The van der Waals surface area contributed by atoms with Gasteiger partial charge in [0.1, 0.15) is 5.75 Å². The predicted molar refractivity (Wildman–Crippen MR) is 147 cm³/mol. The molecule has 0 fully saturated rings. The molecule has 1 atom stereocenters. The second kappa shape index (κ2) is 17.4. The minimum atomic E-state index is -1.35. The number of benzene rings is 2. The summed E-state index contributed by atoms with van der Waals surface area (Å²) in [6.45, 7) is 2.81. The molecule has 0 saturated heterocycles. The van der Waals surface area contributed by atoms with Gasteiger partial charge >= 0.3 is 0 Å². The number of unbranched alkanes of at least 4 members (excludes halogenated alkanes) is 11. The van der Waals surface area contributed by atoms with E-state index >= 15 is 0 Å². The summed E-state index contributed by atoms with van der Waals surface area (Å²) in [5.74, 6) is -0.550. The van der Waals surface area contributed by atoms with Crippen molar-refractivity contribution in [2.75, 3.05) is 11.9 Å². The molecule has 0 saturated carbocycles. The van der Waals surface area contributed by atoms with Crippen LogP contribution in [0.3, 0.4) is 0 Å². The van der Waals surface area contributed by atoms with Crippen molar-refractivity contribution in [3.63, 3.8) is 0 Å². The number of halogens is 2. The van der Waals surface area contributed by atoms with Crippen LogP contribution < -0.4 is 10.1 Å². The van der Waals surface area contributed by atoms with Gasteiger partial charge in [-0.3, -0.25) is 9.59 Å². The van der Waals surface area contributed by atoms with Crippen LogP contribution in [-0.4, -0.2) is 23.7 Å². The number of carbonyl (C=O) groups excluding carboxylic acids is 2. The minimum absolute atomic E-state index is 0.386. The van der Waals surface area contributed by atoms with Gasteiger partial charge in [-0.1, -0.05) is 119 Å². The highest BCUT2D eigenvalue weighted by Gasteiger charge is 2.26. The first-order chi connectivity index (χ1) is 17.0. The molecule has 0 radical (unpaired) electrons. The van der Waals surface area contributed by atoms with Crippen LogP contribution in [0.1, 0.15) is 94.3 Å². The number of amides is 1. The van der Waals surface area contributed by atoms with E-state index in [2.05, 4.69) is 12.2 Å². The zero-order valence-electron chi connectivity index (χ0n) is 20.9. The van der Waals surface area contributed by atoms with E-state index in [1.807, 2.05) is 0 Å². The monoisotopic (exact) mass is 519 g/mol. The topological polar surface area (TPSA) is 55.4 Å². The van der Waals surface area contributed by atoms with Crippen LogP contribution in [0.25, 0.3) is 0 Å². The Bertz CT molecular complexity index is 889. The minimum Gasteiger partial charge on any atom is -0.491 e. The fraction of sp³-hybridized carbons (Fsp3) is 0.517. The molecule has 0 aliphatic carbocycles. The molecule has 2 aromatic carbocycles. The average Bonchev–Trinajstić information content (AvgIpc) is 2.87. The summed E-state index contributed by atoms with van der Waals surface area (Å²) in [5.41, 5.74) is 0.796. The molecule has 0 aromatic heterocycles. The highest BCUT2D eigenvalue weighted by Crippen LogP contribution is 2.29. The highest BCUT2D eigenvalue weighted by molar-refractivity contribution is 6.45. The number of rotatable bonds is 18. The SMILES string of the molecule is CCCCCCCCCCCCCCOc1ccc(Cl)cc1NC(=O)C(Cl)C(=O)c1ccccc1. The Hall–Kier alpha value is -2.04. The lowest BCUT2D eigenvalue weighted by Gasteiger charge is -2.15. The standard InChI is InChI=1S/C29H39Cl2NO3/c1-2-3-4-5-6-7-8-9-10-11-12-16-21-35-26-20-19-24(30)22-25(26)32-29(34)27(31)28(33)23-17-14-13-15-18-23/h13-15,17-20,22,27H,2-12,16,21H2,1H3,(H,32,34). The second-order valence-corrected chi connectivity index (χ2v) is 9.83. The van der Waals surface area contributed by atoms with Gasteiger partial charge in [-0.05, 0) is 24.6 Å². The molecule has 4 nitrogen and oxygen atoms in total. The van der Waals surface area contributed by atoms with Crippen LogP contribution in [0.2, 0.25) is 5.02 Å². The number of nitrogens with one attached hydrogen (secondary N) is 1. The molecule has 1 amide bonds. The van der Waals surface area contributed by atoms with Crippen molar-refractivity contribution >= 4 is 40.6 Å². The van der Waals surface area contributed by atoms with Gasteiger partial charge < -0.3 is 10.1 Å². The van der Waals surface area contributed by atoms with Crippen LogP contribution >= 0.6 is 23.2 Å². The Labute approximate surface area is 220 Å². The first-order valence-electron chi connectivity index (χ1n) is 13.0. The molecular formula is C29H39Cl2NO3. The van der Waals surface area contributed by atoms with Crippen LogP contribution in [0, 0.1) is 0 Å².